The Bertz CT molecular complexity index is 382. The van der Waals surface area contributed by atoms with E-state index in [1.54, 1.807) is 0 Å². The van der Waals surface area contributed by atoms with Gasteiger partial charge in [-0.1, -0.05) is 44.7 Å². The van der Waals surface area contributed by atoms with E-state index < -0.39 is 0 Å². The molecule has 0 aromatic heterocycles. The standard InChI is InChI=1S/C15H23BrN2O/c1-2-3-4-5-8-11-17-15(19)12-18-14-10-7-6-9-13(14)16/h6-7,9-10,18H,2-5,8,11-12H2,1H3,(H,17,19). The van der Waals surface area contributed by atoms with Crippen LogP contribution in [0.3, 0.4) is 0 Å². The molecule has 2 N–H and O–H groups in total. The van der Waals surface area contributed by atoms with Gasteiger partial charge < -0.3 is 10.6 Å². The van der Waals surface area contributed by atoms with E-state index in [1.165, 1.54) is 25.7 Å². The quantitative estimate of drug-likeness (QED) is 0.674. The number of rotatable bonds is 9. The van der Waals surface area contributed by atoms with Gasteiger partial charge in [-0.3, -0.25) is 4.79 Å². The summed E-state index contributed by atoms with van der Waals surface area (Å²) in [5.74, 6) is 0.0474. The van der Waals surface area contributed by atoms with Crippen LogP contribution in [0.4, 0.5) is 5.69 Å². The molecule has 0 spiro atoms. The van der Waals surface area contributed by atoms with Gasteiger partial charge in [0, 0.05) is 16.7 Å². The molecule has 0 atom stereocenters. The Balaban J connectivity index is 2.10. The lowest BCUT2D eigenvalue weighted by Crippen LogP contribution is -2.30. The van der Waals surface area contributed by atoms with E-state index in [4.69, 9.17) is 0 Å². The average molecular weight is 327 g/mol. The van der Waals surface area contributed by atoms with Crippen LogP contribution < -0.4 is 10.6 Å². The van der Waals surface area contributed by atoms with Crippen LogP contribution in [0.5, 0.6) is 0 Å². The van der Waals surface area contributed by atoms with Crippen molar-refractivity contribution in [2.45, 2.75) is 39.0 Å². The van der Waals surface area contributed by atoms with Crippen LogP contribution in [0.15, 0.2) is 28.7 Å². The third kappa shape index (κ3) is 7.21. The Morgan fingerprint density at radius 1 is 1.16 bits per heavy atom. The second-order valence-corrected chi connectivity index (χ2v) is 5.45. The minimum Gasteiger partial charge on any atom is -0.375 e. The number of nitrogens with one attached hydrogen (secondary N) is 2. The number of benzene rings is 1. The number of unbranched alkanes of at least 4 members (excludes halogenated alkanes) is 4. The number of hydrogen-bond acceptors (Lipinski definition) is 2. The summed E-state index contributed by atoms with van der Waals surface area (Å²) in [7, 11) is 0. The number of carbonyl (C=O) groups is 1. The minimum atomic E-state index is 0.0474. The van der Waals surface area contributed by atoms with E-state index in [-0.39, 0.29) is 5.91 Å². The van der Waals surface area contributed by atoms with Crippen LogP contribution in [-0.4, -0.2) is 19.0 Å². The highest BCUT2D eigenvalue weighted by Crippen LogP contribution is 2.20. The predicted octanol–water partition coefficient (Wildman–Crippen LogP) is 3.95. The lowest BCUT2D eigenvalue weighted by Gasteiger charge is -2.09. The fourth-order valence-electron chi connectivity index (χ4n) is 1.80. The first-order valence-corrected chi connectivity index (χ1v) is 7.78. The minimum absolute atomic E-state index is 0.0474. The molecule has 1 aromatic rings. The summed E-state index contributed by atoms with van der Waals surface area (Å²) in [6.45, 7) is 3.30. The molecule has 0 aliphatic rings. The van der Waals surface area contributed by atoms with E-state index >= 15 is 0 Å². The molecule has 0 unspecified atom stereocenters. The predicted molar refractivity (Wildman–Crippen MR) is 84.4 cm³/mol. The Kier molecular flexibility index (Phi) is 8.30. The molecule has 1 amide bonds. The van der Waals surface area contributed by atoms with Gasteiger partial charge >= 0.3 is 0 Å². The maximum absolute atomic E-state index is 11.6. The van der Waals surface area contributed by atoms with Gasteiger partial charge in [0.15, 0.2) is 0 Å². The summed E-state index contributed by atoms with van der Waals surface area (Å²) >= 11 is 3.44. The average Bonchev–Trinajstić information content (AvgIpc) is 2.42. The second kappa shape index (κ2) is 9.84. The van der Waals surface area contributed by atoms with E-state index in [1.807, 2.05) is 24.3 Å². The molecule has 4 heteroatoms. The van der Waals surface area contributed by atoms with Crippen molar-refractivity contribution in [2.75, 3.05) is 18.4 Å². The molecule has 0 aliphatic heterocycles. The van der Waals surface area contributed by atoms with Crippen LogP contribution in [-0.2, 0) is 4.79 Å². The zero-order chi connectivity index (χ0) is 13.9. The monoisotopic (exact) mass is 326 g/mol. The molecule has 0 heterocycles. The highest BCUT2D eigenvalue weighted by Gasteiger charge is 2.02. The highest BCUT2D eigenvalue weighted by atomic mass is 79.9. The summed E-state index contributed by atoms with van der Waals surface area (Å²) in [5, 5.41) is 6.05. The van der Waals surface area contributed by atoms with Crippen LogP contribution in [0.1, 0.15) is 39.0 Å². The van der Waals surface area contributed by atoms with E-state index in [2.05, 4.69) is 33.5 Å². The second-order valence-electron chi connectivity index (χ2n) is 4.60. The van der Waals surface area contributed by atoms with Crippen LogP contribution in [0.25, 0.3) is 0 Å². The van der Waals surface area contributed by atoms with Gasteiger partial charge in [0.05, 0.1) is 6.54 Å². The molecule has 1 rings (SSSR count). The topological polar surface area (TPSA) is 41.1 Å². The molecule has 0 fully saturated rings. The molecule has 0 radical (unpaired) electrons. The van der Waals surface area contributed by atoms with Crippen LogP contribution >= 0.6 is 15.9 Å². The summed E-state index contributed by atoms with van der Waals surface area (Å²) in [5.41, 5.74) is 0.945. The summed E-state index contributed by atoms with van der Waals surface area (Å²) in [6.07, 6.45) is 6.08. The lowest BCUT2D eigenvalue weighted by molar-refractivity contribution is -0.119. The Hall–Kier alpha value is -1.03. The third-order valence-corrected chi connectivity index (χ3v) is 3.61. The first kappa shape index (κ1) is 16.0. The zero-order valence-corrected chi connectivity index (χ0v) is 13.1. The van der Waals surface area contributed by atoms with Crippen molar-refractivity contribution in [3.05, 3.63) is 28.7 Å². The molecule has 3 nitrogen and oxygen atoms in total. The van der Waals surface area contributed by atoms with Gasteiger partial charge in [0.2, 0.25) is 5.91 Å². The molecule has 0 saturated heterocycles. The Morgan fingerprint density at radius 3 is 2.63 bits per heavy atom. The highest BCUT2D eigenvalue weighted by molar-refractivity contribution is 9.10. The zero-order valence-electron chi connectivity index (χ0n) is 11.5. The molecular formula is C15H23BrN2O. The molecule has 1 aromatic carbocycles. The maximum atomic E-state index is 11.6. The van der Waals surface area contributed by atoms with Gasteiger partial charge in [0.1, 0.15) is 0 Å². The van der Waals surface area contributed by atoms with Crippen molar-refractivity contribution >= 4 is 27.5 Å². The molecule has 0 saturated carbocycles. The van der Waals surface area contributed by atoms with Gasteiger partial charge in [-0.15, -0.1) is 0 Å². The molecule has 0 bridgehead atoms. The number of carbonyl (C=O) groups excluding carboxylic acids is 1. The van der Waals surface area contributed by atoms with Gasteiger partial charge in [-0.25, -0.2) is 0 Å². The normalized spacial score (nSPS) is 10.2. The summed E-state index contributed by atoms with van der Waals surface area (Å²) in [6, 6.07) is 7.79. The summed E-state index contributed by atoms with van der Waals surface area (Å²) < 4.78 is 0.974. The first-order chi connectivity index (χ1) is 9.24. The van der Waals surface area contributed by atoms with Crippen molar-refractivity contribution in [3.63, 3.8) is 0 Å². The molecule has 106 valence electrons. The number of anilines is 1. The van der Waals surface area contributed by atoms with Crippen molar-refractivity contribution in [2.24, 2.45) is 0 Å². The number of hydrogen-bond donors (Lipinski definition) is 2. The largest absolute Gasteiger partial charge is 0.375 e. The van der Waals surface area contributed by atoms with Gasteiger partial charge in [-0.05, 0) is 34.5 Å². The number of amides is 1. The van der Waals surface area contributed by atoms with Crippen molar-refractivity contribution in [3.8, 4) is 0 Å². The Labute approximate surface area is 124 Å². The Morgan fingerprint density at radius 2 is 1.89 bits per heavy atom. The van der Waals surface area contributed by atoms with Crippen LogP contribution in [0.2, 0.25) is 0 Å². The number of halogens is 1. The smallest absolute Gasteiger partial charge is 0.239 e. The molecule has 0 aliphatic carbocycles. The lowest BCUT2D eigenvalue weighted by atomic mass is 10.1. The molecular weight excluding hydrogens is 304 g/mol. The van der Waals surface area contributed by atoms with E-state index in [0.717, 1.165) is 23.1 Å². The van der Waals surface area contributed by atoms with E-state index in [9.17, 15) is 4.79 Å². The summed E-state index contributed by atoms with van der Waals surface area (Å²) in [4.78, 5) is 11.6. The maximum Gasteiger partial charge on any atom is 0.239 e. The van der Waals surface area contributed by atoms with Crippen molar-refractivity contribution in [1.82, 2.24) is 5.32 Å². The van der Waals surface area contributed by atoms with Crippen LogP contribution in [0, 0.1) is 0 Å². The first-order valence-electron chi connectivity index (χ1n) is 6.99. The fourth-order valence-corrected chi connectivity index (χ4v) is 2.22. The third-order valence-electron chi connectivity index (χ3n) is 2.92. The van der Waals surface area contributed by atoms with Crippen molar-refractivity contribution < 1.29 is 4.79 Å². The van der Waals surface area contributed by atoms with Gasteiger partial charge in [-0.2, -0.15) is 0 Å². The fraction of sp³-hybridized carbons (Fsp3) is 0.533. The van der Waals surface area contributed by atoms with Gasteiger partial charge in [0.25, 0.3) is 0 Å². The number of para-hydroxylation sites is 1. The van der Waals surface area contributed by atoms with Crippen molar-refractivity contribution in [1.29, 1.82) is 0 Å². The SMILES string of the molecule is CCCCCCCNC(=O)CNc1ccccc1Br. The van der Waals surface area contributed by atoms with E-state index in [0.29, 0.717) is 6.54 Å². The molecule has 19 heavy (non-hydrogen) atoms.